The number of H-pyrrole nitrogens is 1. The van der Waals surface area contributed by atoms with Crippen molar-refractivity contribution >= 4 is 28.3 Å². The predicted molar refractivity (Wildman–Crippen MR) is 115 cm³/mol. The van der Waals surface area contributed by atoms with Crippen LogP contribution in [-0.2, 0) is 0 Å². The molecule has 3 heterocycles. The van der Waals surface area contributed by atoms with Crippen molar-refractivity contribution in [3.05, 3.63) is 82.0 Å². The minimum absolute atomic E-state index is 0.214. The molecular weight excluding hydrogens is 386 g/mol. The van der Waals surface area contributed by atoms with Gasteiger partial charge in [0.2, 0.25) is 0 Å². The molecule has 6 nitrogen and oxygen atoms in total. The highest BCUT2D eigenvalue weighted by Crippen LogP contribution is 2.31. The molecule has 2 aromatic carbocycles. The van der Waals surface area contributed by atoms with Crippen LogP contribution in [-0.4, -0.2) is 32.8 Å². The van der Waals surface area contributed by atoms with Gasteiger partial charge in [-0.15, -0.1) is 0 Å². The van der Waals surface area contributed by atoms with Gasteiger partial charge in [-0.05, 0) is 37.1 Å². The van der Waals surface area contributed by atoms with E-state index in [9.17, 15) is 4.79 Å². The first-order chi connectivity index (χ1) is 14.2. The molecule has 0 amide bonds. The Hall–Kier alpha value is -3.12. The zero-order valence-electron chi connectivity index (χ0n) is 15.8. The molecule has 0 saturated carbocycles. The number of benzene rings is 2. The van der Waals surface area contributed by atoms with Gasteiger partial charge in [0.25, 0.3) is 5.56 Å². The summed E-state index contributed by atoms with van der Waals surface area (Å²) in [5.74, 6) is 1.41. The van der Waals surface area contributed by atoms with E-state index in [1.54, 1.807) is 6.20 Å². The van der Waals surface area contributed by atoms with Crippen LogP contribution in [0.4, 0.5) is 5.69 Å². The number of para-hydroxylation sites is 3. The molecule has 4 aromatic rings. The van der Waals surface area contributed by atoms with Gasteiger partial charge in [0.15, 0.2) is 0 Å². The Kier molecular flexibility index (Phi) is 4.56. The molecular formula is C22H20ClN5O. The molecule has 0 unspecified atom stereocenters. The van der Waals surface area contributed by atoms with Gasteiger partial charge in [-0.2, -0.15) is 9.78 Å². The molecule has 0 spiro atoms. The van der Waals surface area contributed by atoms with Gasteiger partial charge in [-0.25, -0.2) is 4.98 Å². The van der Waals surface area contributed by atoms with E-state index in [0.717, 1.165) is 42.8 Å². The van der Waals surface area contributed by atoms with Crippen LogP contribution in [0.15, 0.2) is 65.6 Å². The number of nitrogens with zero attached hydrogens (tertiary/aromatic N) is 4. The van der Waals surface area contributed by atoms with E-state index >= 15 is 0 Å². The van der Waals surface area contributed by atoms with Crippen LogP contribution in [0.25, 0.3) is 16.7 Å². The number of imidazole rings is 1. The Labute approximate surface area is 172 Å². The van der Waals surface area contributed by atoms with Crippen molar-refractivity contribution in [3.63, 3.8) is 0 Å². The minimum Gasteiger partial charge on any atom is -0.369 e. The van der Waals surface area contributed by atoms with Crippen LogP contribution in [0, 0.1) is 0 Å². The average molecular weight is 406 g/mol. The zero-order chi connectivity index (χ0) is 19.8. The summed E-state index contributed by atoms with van der Waals surface area (Å²) >= 11 is 6.45. The standard InChI is InChI=1S/C22H20ClN5O/c23-20-19(14-24-28(22(20)29)16-6-2-1-3-7-16)27-12-10-15(11-13-27)21-25-17-8-4-5-9-18(17)26-21/h1-9,14-15H,10-13H2,(H,25,26). The highest BCUT2D eigenvalue weighted by Gasteiger charge is 2.25. The summed E-state index contributed by atoms with van der Waals surface area (Å²) in [5, 5.41) is 4.56. The fourth-order valence-electron chi connectivity index (χ4n) is 3.96. The number of halogens is 1. The monoisotopic (exact) mass is 405 g/mol. The Bertz CT molecular complexity index is 1180. The largest absolute Gasteiger partial charge is 0.369 e. The van der Waals surface area contributed by atoms with Crippen LogP contribution >= 0.6 is 11.6 Å². The number of aromatic nitrogens is 4. The molecule has 1 aliphatic rings. The first-order valence-electron chi connectivity index (χ1n) is 9.73. The Morgan fingerprint density at radius 1 is 1.00 bits per heavy atom. The molecule has 0 radical (unpaired) electrons. The molecule has 0 aliphatic carbocycles. The summed E-state index contributed by atoms with van der Waals surface area (Å²) in [6.45, 7) is 1.61. The number of rotatable bonds is 3. The summed E-state index contributed by atoms with van der Waals surface area (Å²) in [5.41, 5.74) is 3.18. The highest BCUT2D eigenvalue weighted by atomic mass is 35.5. The van der Waals surface area contributed by atoms with Crippen molar-refractivity contribution in [1.82, 2.24) is 19.7 Å². The summed E-state index contributed by atoms with van der Waals surface area (Å²) in [6, 6.07) is 17.4. The van der Waals surface area contributed by atoms with Gasteiger partial charge in [-0.3, -0.25) is 4.79 Å². The lowest BCUT2D eigenvalue weighted by Crippen LogP contribution is -2.35. The number of nitrogens with one attached hydrogen (secondary N) is 1. The van der Waals surface area contributed by atoms with Crippen LogP contribution in [0.2, 0.25) is 5.02 Å². The van der Waals surface area contributed by atoms with Crippen molar-refractivity contribution in [2.75, 3.05) is 18.0 Å². The van der Waals surface area contributed by atoms with Gasteiger partial charge in [0, 0.05) is 19.0 Å². The van der Waals surface area contributed by atoms with Gasteiger partial charge in [-0.1, -0.05) is 41.9 Å². The molecule has 0 bridgehead atoms. The molecule has 1 N–H and O–H groups in total. The van der Waals surface area contributed by atoms with E-state index in [2.05, 4.69) is 15.0 Å². The van der Waals surface area contributed by atoms with Crippen LogP contribution < -0.4 is 10.5 Å². The maximum Gasteiger partial charge on any atom is 0.292 e. The lowest BCUT2D eigenvalue weighted by Gasteiger charge is -2.33. The van der Waals surface area contributed by atoms with E-state index in [-0.39, 0.29) is 10.6 Å². The highest BCUT2D eigenvalue weighted by molar-refractivity contribution is 6.33. The van der Waals surface area contributed by atoms with Gasteiger partial charge in [0.05, 0.1) is 28.6 Å². The normalized spacial score (nSPS) is 15.1. The lowest BCUT2D eigenvalue weighted by atomic mass is 9.96. The van der Waals surface area contributed by atoms with Crippen LogP contribution in [0.5, 0.6) is 0 Å². The first-order valence-corrected chi connectivity index (χ1v) is 10.1. The number of aromatic amines is 1. The SMILES string of the molecule is O=c1c(Cl)c(N2CCC(c3nc4ccccc4[nH]3)CC2)cnn1-c1ccccc1. The molecule has 7 heteroatoms. The summed E-state index contributed by atoms with van der Waals surface area (Å²) in [6.07, 6.45) is 3.58. The third-order valence-electron chi connectivity index (χ3n) is 5.53. The molecule has 1 fully saturated rings. The quantitative estimate of drug-likeness (QED) is 0.556. The molecule has 2 aromatic heterocycles. The van der Waals surface area contributed by atoms with E-state index in [1.807, 2.05) is 54.6 Å². The van der Waals surface area contributed by atoms with Crippen molar-refractivity contribution in [2.24, 2.45) is 0 Å². The van der Waals surface area contributed by atoms with Gasteiger partial charge in [0.1, 0.15) is 10.8 Å². The fraction of sp³-hybridized carbons (Fsp3) is 0.227. The van der Waals surface area contributed by atoms with E-state index in [0.29, 0.717) is 17.3 Å². The first kappa shape index (κ1) is 17.9. The molecule has 29 heavy (non-hydrogen) atoms. The smallest absolute Gasteiger partial charge is 0.292 e. The van der Waals surface area contributed by atoms with Crippen LogP contribution in [0.1, 0.15) is 24.6 Å². The molecule has 0 atom stereocenters. The number of hydrogen-bond acceptors (Lipinski definition) is 4. The van der Waals surface area contributed by atoms with E-state index in [1.165, 1.54) is 4.68 Å². The molecule has 1 saturated heterocycles. The van der Waals surface area contributed by atoms with Gasteiger partial charge < -0.3 is 9.88 Å². The Morgan fingerprint density at radius 3 is 2.48 bits per heavy atom. The average Bonchev–Trinajstić information content (AvgIpc) is 3.21. The Morgan fingerprint density at radius 2 is 1.72 bits per heavy atom. The fourth-order valence-corrected chi connectivity index (χ4v) is 4.21. The van der Waals surface area contributed by atoms with Crippen molar-refractivity contribution in [1.29, 1.82) is 0 Å². The van der Waals surface area contributed by atoms with Crippen molar-refractivity contribution < 1.29 is 0 Å². The lowest BCUT2D eigenvalue weighted by molar-refractivity contribution is 0.489. The van der Waals surface area contributed by atoms with Crippen molar-refractivity contribution in [3.8, 4) is 5.69 Å². The second kappa shape index (κ2) is 7.37. The number of hydrogen-bond donors (Lipinski definition) is 1. The number of fused-ring (bicyclic) bond motifs is 1. The number of anilines is 1. The topological polar surface area (TPSA) is 66.8 Å². The summed E-state index contributed by atoms with van der Waals surface area (Å²) in [7, 11) is 0. The minimum atomic E-state index is -0.297. The zero-order valence-corrected chi connectivity index (χ0v) is 16.5. The second-order valence-corrected chi connectivity index (χ2v) is 7.67. The van der Waals surface area contributed by atoms with E-state index in [4.69, 9.17) is 16.6 Å². The summed E-state index contributed by atoms with van der Waals surface area (Å²) in [4.78, 5) is 23.1. The maximum atomic E-state index is 12.7. The molecule has 5 rings (SSSR count). The predicted octanol–water partition coefficient (Wildman–Crippen LogP) is 4.15. The van der Waals surface area contributed by atoms with Crippen LogP contribution in [0.3, 0.4) is 0 Å². The second-order valence-electron chi connectivity index (χ2n) is 7.30. The molecule has 146 valence electrons. The summed E-state index contributed by atoms with van der Waals surface area (Å²) < 4.78 is 1.34. The Balaban J connectivity index is 1.35. The molecule has 1 aliphatic heterocycles. The third kappa shape index (κ3) is 3.29. The maximum absolute atomic E-state index is 12.7. The third-order valence-corrected chi connectivity index (χ3v) is 5.89. The number of piperidine rings is 1. The van der Waals surface area contributed by atoms with Gasteiger partial charge >= 0.3 is 0 Å². The van der Waals surface area contributed by atoms with E-state index < -0.39 is 0 Å². The van der Waals surface area contributed by atoms with Crippen molar-refractivity contribution in [2.45, 2.75) is 18.8 Å².